The summed E-state index contributed by atoms with van der Waals surface area (Å²) in [7, 11) is 0. The second-order valence-corrected chi connectivity index (χ2v) is 3.41. The van der Waals surface area contributed by atoms with Crippen molar-refractivity contribution in [3.8, 4) is 5.75 Å². The standard InChI is InChI=1S/C11H16N2O3/c1-3-13(11(15)16)8(2)12-9-6-4-5-7-10(9)14/h4-8,12,14H,3H2,1-2H3,(H,15,16). The number of anilines is 1. The number of carboxylic acid groups (broad SMARTS) is 1. The van der Waals surface area contributed by atoms with Crippen LogP contribution >= 0.6 is 0 Å². The van der Waals surface area contributed by atoms with Crippen LogP contribution in [0, 0.1) is 0 Å². The number of phenols is 1. The maximum absolute atomic E-state index is 10.9. The second kappa shape index (κ2) is 5.25. The first kappa shape index (κ1) is 12.2. The lowest BCUT2D eigenvalue weighted by atomic mass is 10.3. The van der Waals surface area contributed by atoms with E-state index in [0.29, 0.717) is 12.2 Å². The van der Waals surface area contributed by atoms with Crippen LogP contribution in [0.15, 0.2) is 24.3 Å². The van der Waals surface area contributed by atoms with Crippen LogP contribution in [-0.4, -0.2) is 33.9 Å². The first-order valence-electron chi connectivity index (χ1n) is 5.10. The van der Waals surface area contributed by atoms with Gasteiger partial charge in [-0.15, -0.1) is 0 Å². The maximum atomic E-state index is 10.9. The summed E-state index contributed by atoms with van der Waals surface area (Å²) < 4.78 is 0. The normalized spacial score (nSPS) is 11.9. The number of para-hydroxylation sites is 2. The molecule has 1 aromatic rings. The van der Waals surface area contributed by atoms with E-state index in [-0.39, 0.29) is 5.75 Å². The molecule has 3 N–H and O–H groups in total. The van der Waals surface area contributed by atoms with Gasteiger partial charge in [-0.1, -0.05) is 12.1 Å². The summed E-state index contributed by atoms with van der Waals surface area (Å²) >= 11 is 0. The highest BCUT2D eigenvalue weighted by atomic mass is 16.4. The van der Waals surface area contributed by atoms with Crippen molar-refractivity contribution in [1.29, 1.82) is 0 Å². The summed E-state index contributed by atoms with van der Waals surface area (Å²) in [6.45, 7) is 3.87. The van der Waals surface area contributed by atoms with Crippen molar-refractivity contribution in [1.82, 2.24) is 4.90 Å². The van der Waals surface area contributed by atoms with Crippen molar-refractivity contribution in [2.75, 3.05) is 11.9 Å². The SMILES string of the molecule is CCN(C(=O)O)C(C)Nc1ccccc1O. The number of rotatable bonds is 4. The van der Waals surface area contributed by atoms with Crippen LogP contribution in [0.3, 0.4) is 0 Å². The predicted molar refractivity (Wildman–Crippen MR) is 61.6 cm³/mol. The molecule has 0 spiro atoms. The van der Waals surface area contributed by atoms with Crippen molar-refractivity contribution in [3.63, 3.8) is 0 Å². The summed E-state index contributed by atoms with van der Waals surface area (Å²) in [5.41, 5.74) is 0.523. The number of nitrogens with zero attached hydrogens (tertiary/aromatic N) is 1. The molecule has 0 heterocycles. The summed E-state index contributed by atoms with van der Waals surface area (Å²) in [6, 6.07) is 6.72. The number of amides is 1. The molecular weight excluding hydrogens is 208 g/mol. The average Bonchev–Trinajstić information content (AvgIpc) is 2.22. The fourth-order valence-electron chi connectivity index (χ4n) is 1.47. The molecule has 1 unspecified atom stereocenters. The fourth-order valence-corrected chi connectivity index (χ4v) is 1.47. The number of aromatic hydroxyl groups is 1. The summed E-state index contributed by atoms with van der Waals surface area (Å²) in [6.07, 6.45) is -1.38. The molecule has 0 saturated carbocycles. The molecule has 5 heteroatoms. The van der Waals surface area contributed by atoms with Crippen LogP contribution in [-0.2, 0) is 0 Å². The van der Waals surface area contributed by atoms with Crippen LogP contribution in [0.25, 0.3) is 0 Å². The topological polar surface area (TPSA) is 72.8 Å². The third-order valence-corrected chi connectivity index (χ3v) is 2.32. The zero-order chi connectivity index (χ0) is 12.1. The molecule has 0 fully saturated rings. The third kappa shape index (κ3) is 2.79. The zero-order valence-corrected chi connectivity index (χ0v) is 9.34. The lowest BCUT2D eigenvalue weighted by Gasteiger charge is -2.26. The highest BCUT2D eigenvalue weighted by Gasteiger charge is 2.17. The number of nitrogens with one attached hydrogen (secondary N) is 1. The molecule has 0 aliphatic heterocycles. The maximum Gasteiger partial charge on any atom is 0.408 e. The van der Waals surface area contributed by atoms with E-state index in [9.17, 15) is 9.90 Å². The van der Waals surface area contributed by atoms with E-state index in [2.05, 4.69) is 5.32 Å². The van der Waals surface area contributed by atoms with Crippen LogP contribution < -0.4 is 5.32 Å². The van der Waals surface area contributed by atoms with Gasteiger partial charge in [0.25, 0.3) is 0 Å². The Kier molecular flexibility index (Phi) is 3.99. The molecular formula is C11H16N2O3. The van der Waals surface area contributed by atoms with E-state index in [0.717, 1.165) is 0 Å². The Hall–Kier alpha value is -1.91. The molecule has 0 aliphatic rings. The number of phenolic OH excluding ortho intramolecular Hbond substituents is 1. The van der Waals surface area contributed by atoms with Gasteiger partial charge in [0.2, 0.25) is 0 Å². The Bertz CT molecular complexity index is 368. The van der Waals surface area contributed by atoms with E-state index in [1.54, 1.807) is 38.1 Å². The van der Waals surface area contributed by atoms with E-state index in [4.69, 9.17) is 5.11 Å². The quantitative estimate of drug-likeness (QED) is 0.541. The molecule has 1 rings (SSSR count). The molecule has 1 aromatic carbocycles. The molecule has 0 radical (unpaired) electrons. The smallest absolute Gasteiger partial charge is 0.408 e. The molecule has 0 aliphatic carbocycles. The van der Waals surface area contributed by atoms with Crippen LogP contribution in [0.2, 0.25) is 0 Å². The van der Waals surface area contributed by atoms with E-state index in [1.165, 1.54) is 4.90 Å². The zero-order valence-electron chi connectivity index (χ0n) is 9.34. The van der Waals surface area contributed by atoms with Gasteiger partial charge in [-0.3, -0.25) is 4.90 Å². The van der Waals surface area contributed by atoms with Crippen molar-refractivity contribution in [2.45, 2.75) is 20.0 Å². The Morgan fingerprint density at radius 1 is 1.50 bits per heavy atom. The van der Waals surface area contributed by atoms with Gasteiger partial charge >= 0.3 is 6.09 Å². The van der Waals surface area contributed by atoms with Gasteiger partial charge in [-0.05, 0) is 26.0 Å². The van der Waals surface area contributed by atoms with Crippen molar-refractivity contribution in [2.24, 2.45) is 0 Å². The Labute approximate surface area is 94.3 Å². The monoisotopic (exact) mass is 224 g/mol. The predicted octanol–water partition coefficient (Wildman–Crippen LogP) is 2.15. The third-order valence-electron chi connectivity index (χ3n) is 2.32. The Morgan fingerprint density at radius 3 is 2.62 bits per heavy atom. The average molecular weight is 224 g/mol. The minimum absolute atomic E-state index is 0.107. The minimum Gasteiger partial charge on any atom is -0.506 e. The summed E-state index contributed by atoms with van der Waals surface area (Å²) in [5.74, 6) is 0.107. The van der Waals surface area contributed by atoms with E-state index >= 15 is 0 Å². The van der Waals surface area contributed by atoms with Crippen molar-refractivity contribution >= 4 is 11.8 Å². The van der Waals surface area contributed by atoms with Crippen LogP contribution in [0.1, 0.15) is 13.8 Å². The highest BCUT2D eigenvalue weighted by Crippen LogP contribution is 2.22. The largest absolute Gasteiger partial charge is 0.506 e. The van der Waals surface area contributed by atoms with Gasteiger partial charge in [-0.25, -0.2) is 4.79 Å². The molecule has 5 nitrogen and oxygen atoms in total. The molecule has 0 saturated heterocycles. The molecule has 88 valence electrons. The number of hydrogen-bond acceptors (Lipinski definition) is 3. The van der Waals surface area contributed by atoms with Gasteiger partial charge in [-0.2, -0.15) is 0 Å². The van der Waals surface area contributed by atoms with Gasteiger partial charge in [0.05, 0.1) is 5.69 Å². The Balaban J connectivity index is 2.74. The summed E-state index contributed by atoms with van der Waals surface area (Å²) in [5, 5.41) is 21.4. The van der Waals surface area contributed by atoms with Crippen molar-refractivity contribution < 1.29 is 15.0 Å². The lowest BCUT2D eigenvalue weighted by Crippen LogP contribution is -2.42. The molecule has 0 aromatic heterocycles. The first-order valence-corrected chi connectivity index (χ1v) is 5.10. The lowest BCUT2D eigenvalue weighted by molar-refractivity contribution is 0.136. The van der Waals surface area contributed by atoms with Crippen LogP contribution in [0.4, 0.5) is 10.5 Å². The van der Waals surface area contributed by atoms with Crippen molar-refractivity contribution in [3.05, 3.63) is 24.3 Å². The van der Waals surface area contributed by atoms with Crippen LogP contribution in [0.5, 0.6) is 5.75 Å². The molecule has 1 amide bonds. The molecule has 16 heavy (non-hydrogen) atoms. The first-order chi connectivity index (χ1) is 7.56. The van der Waals surface area contributed by atoms with Gasteiger partial charge in [0.15, 0.2) is 0 Å². The molecule has 1 atom stereocenters. The molecule has 0 bridgehead atoms. The number of benzene rings is 1. The fraction of sp³-hybridized carbons (Fsp3) is 0.364. The summed E-state index contributed by atoms with van der Waals surface area (Å²) in [4.78, 5) is 12.1. The number of hydrogen-bond donors (Lipinski definition) is 3. The number of carbonyl (C=O) groups is 1. The van der Waals surface area contributed by atoms with E-state index in [1.807, 2.05) is 0 Å². The minimum atomic E-state index is -0.988. The van der Waals surface area contributed by atoms with Gasteiger partial charge in [0.1, 0.15) is 11.9 Å². The Morgan fingerprint density at radius 2 is 2.12 bits per heavy atom. The van der Waals surface area contributed by atoms with Gasteiger partial charge in [0, 0.05) is 6.54 Å². The highest BCUT2D eigenvalue weighted by molar-refractivity contribution is 5.66. The second-order valence-electron chi connectivity index (χ2n) is 3.41. The van der Waals surface area contributed by atoms with E-state index < -0.39 is 12.3 Å². The van der Waals surface area contributed by atoms with Gasteiger partial charge < -0.3 is 15.5 Å².